The summed E-state index contributed by atoms with van der Waals surface area (Å²) in [6.07, 6.45) is 4.56. The molecule has 2 aliphatic rings. The number of halogens is 1. The summed E-state index contributed by atoms with van der Waals surface area (Å²) in [5.41, 5.74) is 2.07. The van der Waals surface area contributed by atoms with Gasteiger partial charge >= 0.3 is 0 Å². The van der Waals surface area contributed by atoms with E-state index >= 15 is 0 Å². The second-order valence-corrected chi connectivity index (χ2v) is 5.22. The first-order chi connectivity index (χ1) is 8.24. The fourth-order valence-electron chi connectivity index (χ4n) is 2.37. The molecule has 4 nitrogen and oxygen atoms in total. The summed E-state index contributed by atoms with van der Waals surface area (Å²) in [6.45, 7) is 3.63. The predicted molar refractivity (Wildman–Crippen MR) is 73.4 cm³/mol. The SMILES string of the molecule is CN1CCN(C(=O)c2cc(C3CC3)c[nH]2)CC1.Cl. The smallest absolute Gasteiger partial charge is 0.270 e. The average Bonchev–Trinajstić information content (AvgIpc) is 3.07. The third kappa shape index (κ3) is 2.70. The second-order valence-electron chi connectivity index (χ2n) is 5.22. The molecule has 100 valence electrons. The van der Waals surface area contributed by atoms with E-state index in [0.29, 0.717) is 5.92 Å². The van der Waals surface area contributed by atoms with Gasteiger partial charge in [0.15, 0.2) is 0 Å². The number of likely N-dealkylation sites (N-methyl/N-ethyl adjacent to an activating group) is 1. The van der Waals surface area contributed by atoms with Crippen LogP contribution < -0.4 is 0 Å². The normalized spacial score (nSPS) is 20.6. The van der Waals surface area contributed by atoms with Crippen molar-refractivity contribution in [1.29, 1.82) is 0 Å². The van der Waals surface area contributed by atoms with Crippen molar-refractivity contribution in [3.05, 3.63) is 23.5 Å². The summed E-state index contributed by atoms with van der Waals surface area (Å²) >= 11 is 0. The first-order valence-electron chi connectivity index (χ1n) is 6.40. The van der Waals surface area contributed by atoms with E-state index in [4.69, 9.17) is 0 Å². The monoisotopic (exact) mass is 269 g/mol. The molecule has 1 saturated heterocycles. The topological polar surface area (TPSA) is 39.3 Å². The van der Waals surface area contributed by atoms with Gasteiger partial charge < -0.3 is 14.8 Å². The zero-order valence-corrected chi connectivity index (χ0v) is 11.5. The van der Waals surface area contributed by atoms with Crippen molar-refractivity contribution in [2.24, 2.45) is 0 Å². The number of hydrogen-bond acceptors (Lipinski definition) is 2. The van der Waals surface area contributed by atoms with Crippen LogP contribution in [0.4, 0.5) is 0 Å². The highest BCUT2D eigenvalue weighted by atomic mass is 35.5. The van der Waals surface area contributed by atoms with E-state index in [1.807, 2.05) is 17.2 Å². The zero-order chi connectivity index (χ0) is 11.8. The van der Waals surface area contributed by atoms with Gasteiger partial charge in [-0.1, -0.05) is 0 Å². The lowest BCUT2D eigenvalue weighted by atomic mass is 10.2. The van der Waals surface area contributed by atoms with Gasteiger partial charge in [0, 0.05) is 32.4 Å². The zero-order valence-electron chi connectivity index (χ0n) is 10.7. The maximum absolute atomic E-state index is 12.2. The summed E-state index contributed by atoms with van der Waals surface area (Å²) in [4.78, 5) is 19.6. The summed E-state index contributed by atoms with van der Waals surface area (Å²) in [5, 5.41) is 0. The predicted octanol–water partition coefficient (Wildman–Crippen LogP) is 1.70. The molecular weight excluding hydrogens is 250 g/mol. The second kappa shape index (κ2) is 5.33. The van der Waals surface area contributed by atoms with Crippen LogP contribution >= 0.6 is 12.4 Å². The number of aromatic amines is 1. The Morgan fingerprint density at radius 1 is 1.28 bits per heavy atom. The van der Waals surface area contributed by atoms with Gasteiger partial charge in [0.05, 0.1) is 0 Å². The van der Waals surface area contributed by atoms with Crippen molar-refractivity contribution in [2.75, 3.05) is 33.2 Å². The molecule has 1 N–H and O–H groups in total. The molecule has 3 rings (SSSR count). The molecule has 1 aliphatic heterocycles. The molecule has 0 aromatic carbocycles. The third-order valence-corrected chi connectivity index (χ3v) is 3.77. The lowest BCUT2D eigenvalue weighted by molar-refractivity contribution is 0.0659. The molecule has 1 aromatic heterocycles. The lowest BCUT2D eigenvalue weighted by Gasteiger charge is -2.32. The van der Waals surface area contributed by atoms with Gasteiger partial charge in [-0.3, -0.25) is 4.79 Å². The van der Waals surface area contributed by atoms with E-state index in [0.717, 1.165) is 31.9 Å². The van der Waals surface area contributed by atoms with Crippen LogP contribution in [-0.2, 0) is 0 Å². The number of rotatable bonds is 2. The Morgan fingerprint density at radius 2 is 1.94 bits per heavy atom. The van der Waals surface area contributed by atoms with Gasteiger partial charge in [-0.2, -0.15) is 0 Å². The fraction of sp³-hybridized carbons (Fsp3) is 0.615. The van der Waals surface area contributed by atoms with Crippen LogP contribution in [0.5, 0.6) is 0 Å². The summed E-state index contributed by atoms with van der Waals surface area (Å²) in [7, 11) is 2.10. The molecular formula is C13H20ClN3O. The summed E-state index contributed by atoms with van der Waals surface area (Å²) in [5.74, 6) is 0.866. The molecule has 0 spiro atoms. The van der Waals surface area contributed by atoms with Crippen LogP contribution in [0.3, 0.4) is 0 Å². The minimum absolute atomic E-state index is 0. The van der Waals surface area contributed by atoms with E-state index < -0.39 is 0 Å². The lowest BCUT2D eigenvalue weighted by Crippen LogP contribution is -2.47. The summed E-state index contributed by atoms with van der Waals surface area (Å²) < 4.78 is 0. The Kier molecular flexibility index (Phi) is 3.97. The molecule has 1 saturated carbocycles. The molecule has 0 atom stereocenters. The largest absolute Gasteiger partial charge is 0.357 e. The van der Waals surface area contributed by atoms with Gasteiger partial charge in [-0.05, 0) is 37.4 Å². The van der Waals surface area contributed by atoms with E-state index in [2.05, 4.69) is 16.9 Å². The number of carbonyl (C=O) groups excluding carboxylic acids is 1. The van der Waals surface area contributed by atoms with Crippen molar-refractivity contribution in [3.8, 4) is 0 Å². The number of nitrogens with one attached hydrogen (secondary N) is 1. The van der Waals surface area contributed by atoms with E-state index in [9.17, 15) is 4.79 Å². The van der Waals surface area contributed by atoms with Gasteiger partial charge in [0.1, 0.15) is 5.69 Å². The highest BCUT2D eigenvalue weighted by Gasteiger charge is 2.27. The molecule has 18 heavy (non-hydrogen) atoms. The number of H-pyrrole nitrogens is 1. The maximum atomic E-state index is 12.2. The molecule has 0 bridgehead atoms. The maximum Gasteiger partial charge on any atom is 0.270 e. The van der Waals surface area contributed by atoms with E-state index in [-0.39, 0.29) is 18.3 Å². The molecule has 2 heterocycles. The first kappa shape index (κ1) is 13.4. The molecule has 2 fully saturated rings. The third-order valence-electron chi connectivity index (χ3n) is 3.77. The Labute approximate surface area is 114 Å². The molecule has 5 heteroatoms. The van der Waals surface area contributed by atoms with Crippen LogP contribution in [-0.4, -0.2) is 53.9 Å². The highest BCUT2D eigenvalue weighted by Crippen LogP contribution is 2.40. The minimum atomic E-state index is 0. The van der Waals surface area contributed by atoms with E-state index in [1.165, 1.54) is 18.4 Å². The van der Waals surface area contributed by atoms with Gasteiger partial charge in [0.25, 0.3) is 5.91 Å². The van der Waals surface area contributed by atoms with Crippen LogP contribution in [0.15, 0.2) is 12.3 Å². The van der Waals surface area contributed by atoms with Crippen LogP contribution in [0.1, 0.15) is 34.8 Å². The van der Waals surface area contributed by atoms with Crippen LogP contribution in [0.25, 0.3) is 0 Å². The number of nitrogens with zero attached hydrogens (tertiary/aromatic N) is 2. The number of amides is 1. The molecule has 1 aliphatic carbocycles. The number of hydrogen-bond donors (Lipinski definition) is 1. The Morgan fingerprint density at radius 3 is 2.56 bits per heavy atom. The first-order valence-corrected chi connectivity index (χ1v) is 6.40. The molecule has 1 amide bonds. The average molecular weight is 270 g/mol. The standard InChI is InChI=1S/C13H19N3O.ClH/c1-15-4-6-16(7-5-15)13(17)12-8-11(9-14-12)10-2-3-10;/h8-10,14H,2-7H2,1H3;1H. The van der Waals surface area contributed by atoms with Crippen molar-refractivity contribution in [1.82, 2.24) is 14.8 Å². The van der Waals surface area contributed by atoms with Gasteiger partial charge in [0.2, 0.25) is 0 Å². The Bertz CT molecular complexity index is 420. The van der Waals surface area contributed by atoms with Crippen molar-refractivity contribution in [2.45, 2.75) is 18.8 Å². The minimum Gasteiger partial charge on any atom is -0.357 e. The Hall–Kier alpha value is -1.00. The van der Waals surface area contributed by atoms with Crippen molar-refractivity contribution >= 4 is 18.3 Å². The number of carbonyl (C=O) groups is 1. The fourth-order valence-corrected chi connectivity index (χ4v) is 2.37. The van der Waals surface area contributed by atoms with Gasteiger partial charge in [-0.15, -0.1) is 12.4 Å². The number of aromatic nitrogens is 1. The Balaban J connectivity index is 0.00000120. The van der Waals surface area contributed by atoms with Crippen LogP contribution in [0, 0.1) is 0 Å². The van der Waals surface area contributed by atoms with Crippen molar-refractivity contribution in [3.63, 3.8) is 0 Å². The molecule has 0 unspecified atom stereocenters. The quantitative estimate of drug-likeness (QED) is 0.888. The highest BCUT2D eigenvalue weighted by molar-refractivity contribution is 5.92. The van der Waals surface area contributed by atoms with Crippen LogP contribution in [0.2, 0.25) is 0 Å². The molecule has 1 aromatic rings. The van der Waals surface area contributed by atoms with E-state index in [1.54, 1.807) is 0 Å². The number of piperazine rings is 1. The molecule has 0 radical (unpaired) electrons. The summed E-state index contributed by atoms with van der Waals surface area (Å²) in [6, 6.07) is 2.04. The van der Waals surface area contributed by atoms with Gasteiger partial charge in [-0.25, -0.2) is 0 Å². The van der Waals surface area contributed by atoms with Crippen molar-refractivity contribution < 1.29 is 4.79 Å².